The number of ether oxygens (including phenoxy) is 1. The fraction of sp³-hybridized carbons (Fsp3) is 0.906. The van der Waals surface area contributed by atoms with Gasteiger partial charge < -0.3 is 20.2 Å². The topological polar surface area (TPSA) is 127 Å². The lowest BCUT2D eigenvalue weighted by atomic mass is 9.72. The van der Waals surface area contributed by atoms with Crippen LogP contribution in [0.3, 0.4) is 0 Å². The maximum Gasteiger partial charge on any atom is 0.223 e. The van der Waals surface area contributed by atoms with Crippen molar-refractivity contribution in [2.24, 2.45) is 22.7 Å². The first-order valence-electron chi connectivity index (χ1n) is 17.3. The fourth-order valence-corrected chi connectivity index (χ4v) is 10.7. The Balaban J connectivity index is 1.16. The number of rotatable bonds is 10. The van der Waals surface area contributed by atoms with Crippen LogP contribution in [0.15, 0.2) is 4.99 Å². The van der Waals surface area contributed by atoms with Gasteiger partial charge in [-0.1, -0.05) is 0 Å². The highest BCUT2D eigenvalue weighted by atomic mass is 35.5. The van der Waals surface area contributed by atoms with E-state index in [1.165, 1.54) is 5.71 Å². The lowest BCUT2D eigenvalue weighted by Crippen LogP contribution is -2.55. The summed E-state index contributed by atoms with van der Waals surface area (Å²) in [6, 6.07) is 0.171. The molecule has 3 aliphatic carbocycles. The first kappa shape index (κ1) is 34.3. The van der Waals surface area contributed by atoms with Crippen molar-refractivity contribution in [2.45, 2.75) is 145 Å². The number of carbonyl (C=O) groups excluding carboxylic acids is 2. The first-order valence-corrected chi connectivity index (χ1v) is 20.8. The van der Waals surface area contributed by atoms with Crippen LogP contribution in [0, 0.1) is 17.8 Å². The highest BCUT2D eigenvalue weighted by Crippen LogP contribution is 2.42. The maximum absolute atomic E-state index is 13.3. The number of amides is 2. The van der Waals surface area contributed by atoms with Crippen LogP contribution in [0.2, 0.25) is 18.6 Å². The molecule has 44 heavy (non-hydrogen) atoms. The van der Waals surface area contributed by atoms with Crippen LogP contribution in [-0.4, -0.2) is 91.6 Å². The summed E-state index contributed by atoms with van der Waals surface area (Å²) in [6.07, 6.45) is 12.2. The Morgan fingerprint density at radius 3 is 2.41 bits per heavy atom. The molecule has 0 aromatic carbocycles. The van der Waals surface area contributed by atoms with Crippen LogP contribution >= 0.6 is 11.6 Å². The number of hydrazine groups is 1. The van der Waals surface area contributed by atoms with Gasteiger partial charge in [-0.05, 0) is 109 Å². The molecule has 6 atom stereocenters. The molecule has 5 N–H and O–H groups in total. The van der Waals surface area contributed by atoms with E-state index in [0.717, 1.165) is 70.6 Å². The number of methoxy groups -OCH3 is 1. The van der Waals surface area contributed by atoms with Gasteiger partial charge in [0.05, 0.1) is 30.9 Å². The molecule has 0 radical (unpaired) electrons. The summed E-state index contributed by atoms with van der Waals surface area (Å²) in [5, 5.41) is 6.44. The molecule has 1 saturated heterocycles. The molecule has 3 saturated carbocycles. The summed E-state index contributed by atoms with van der Waals surface area (Å²) in [7, 11) is -0.301. The molecule has 250 valence electrons. The summed E-state index contributed by atoms with van der Waals surface area (Å²) in [5.74, 6) is 0.893. The lowest BCUT2D eigenvalue weighted by molar-refractivity contribution is -0.125. The van der Waals surface area contributed by atoms with E-state index in [4.69, 9.17) is 21.3 Å². The van der Waals surface area contributed by atoms with Crippen LogP contribution in [-0.2, 0) is 14.3 Å². The second-order valence-corrected chi connectivity index (χ2v) is 19.4. The van der Waals surface area contributed by atoms with Crippen LogP contribution in [0.5, 0.6) is 0 Å². The number of hydrogen-bond donors (Lipinski definition) is 5. The van der Waals surface area contributed by atoms with Gasteiger partial charge in [-0.2, -0.15) is 0 Å². The van der Waals surface area contributed by atoms with Gasteiger partial charge in [-0.3, -0.25) is 19.5 Å². The average Bonchev–Trinajstić information content (AvgIpc) is 3.33. The van der Waals surface area contributed by atoms with Crippen molar-refractivity contribution in [2.75, 3.05) is 20.2 Å². The third-order valence-electron chi connectivity index (χ3n) is 11.3. The van der Waals surface area contributed by atoms with Crippen LogP contribution < -0.4 is 21.5 Å². The van der Waals surface area contributed by atoms with Crippen LogP contribution in [0.25, 0.3) is 0 Å². The number of alkyl halides is 1. The van der Waals surface area contributed by atoms with E-state index < -0.39 is 8.32 Å². The minimum absolute atomic E-state index is 0.00365. The number of carbonyl (C=O) groups is 2. The Bertz CT molecular complexity index is 1010. The fourth-order valence-electron chi connectivity index (χ4n) is 8.66. The maximum atomic E-state index is 13.3. The van der Waals surface area contributed by atoms with E-state index in [1.54, 1.807) is 0 Å². The molecule has 5 rings (SSSR count). The van der Waals surface area contributed by atoms with Gasteiger partial charge in [0.25, 0.3) is 0 Å². The van der Waals surface area contributed by atoms with Crippen molar-refractivity contribution >= 4 is 37.4 Å². The number of nitrogens with zero attached hydrogens (tertiary/aromatic N) is 2. The standard InChI is InChI=1S/C32H57ClN6O4Si/c1-20-37-38-31-27(19-29(40)34-16-5-17-35-32(41)22-8-13-25(14-9-22)44(3,4)42)36-30(21-6-10-23(33)11-7-21)26-18-24(43-2)12-15-28(26)39(20)31/h20-28,31,37-38,42H,5-19H2,1-4H3,(H,34,40)(H,35,41)/t20?,21?,22?,23?,24?,25?,26?,27-,28?,31?/m0/s1. The zero-order chi connectivity index (χ0) is 31.4. The quantitative estimate of drug-likeness (QED) is 0.139. The molecule has 4 fully saturated rings. The van der Waals surface area contributed by atoms with Gasteiger partial charge in [-0.15, -0.1) is 11.6 Å². The number of halogens is 1. The smallest absolute Gasteiger partial charge is 0.223 e. The van der Waals surface area contributed by atoms with Gasteiger partial charge in [0, 0.05) is 49.2 Å². The van der Waals surface area contributed by atoms with E-state index in [0.29, 0.717) is 49.3 Å². The predicted molar refractivity (Wildman–Crippen MR) is 177 cm³/mol. The van der Waals surface area contributed by atoms with Crippen molar-refractivity contribution in [3.05, 3.63) is 0 Å². The van der Waals surface area contributed by atoms with Gasteiger partial charge >= 0.3 is 0 Å². The molecule has 2 aliphatic heterocycles. The van der Waals surface area contributed by atoms with E-state index in [-0.39, 0.29) is 47.6 Å². The largest absolute Gasteiger partial charge is 0.432 e. The summed E-state index contributed by atoms with van der Waals surface area (Å²) >= 11 is 6.51. The Morgan fingerprint density at radius 1 is 1.02 bits per heavy atom. The van der Waals surface area contributed by atoms with Crippen LogP contribution in [0.1, 0.15) is 90.4 Å². The van der Waals surface area contributed by atoms with Crippen molar-refractivity contribution in [1.29, 1.82) is 0 Å². The molecule has 0 aromatic rings. The van der Waals surface area contributed by atoms with Gasteiger partial charge in [0.2, 0.25) is 11.8 Å². The third kappa shape index (κ3) is 8.25. The van der Waals surface area contributed by atoms with Crippen molar-refractivity contribution < 1.29 is 19.1 Å². The van der Waals surface area contributed by atoms with Crippen molar-refractivity contribution in [3.63, 3.8) is 0 Å². The van der Waals surface area contributed by atoms with E-state index in [1.807, 2.05) is 20.2 Å². The monoisotopic (exact) mass is 652 g/mol. The Morgan fingerprint density at radius 2 is 1.73 bits per heavy atom. The predicted octanol–water partition coefficient (Wildman–Crippen LogP) is 3.64. The molecule has 2 amide bonds. The number of aliphatic imine (C=N–C) groups is 1. The second-order valence-electron chi connectivity index (χ2n) is 14.7. The van der Waals surface area contributed by atoms with Crippen molar-refractivity contribution in [3.8, 4) is 0 Å². The van der Waals surface area contributed by atoms with Gasteiger partial charge in [0.15, 0.2) is 8.32 Å². The lowest BCUT2D eigenvalue weighted by Gasteiger charge is -2.44. The molecular formula is C32H57ClN6O4Si. The normalized spacial score (nSPS) is 38.2. The number of fused-ring (bicyclic) bond motifs is 3. The minimum atomic E-state index is -2.13. The molecule has 0 aromatic heterocycles. The summed E-state index contributed by atoms with van der Waals surface area (Å²) in [5.41, 5.74) is 8.63. The minimum Gasteiger partial charge on any atom is -0.432 e. The highest BCUT2D eigenvalue weighted by Gasteiger charge is 2.50. The summed E-state index contributed by atoms with van der Waals surface area (Å²) in [4.78, 5) is 44.4. The Kier molecular flexibility index (Phi) is 11.8. The number of nitrogens with one attached hydrogen (secondary N) is 4. The molecular weight excluding hydrogens is 596 g/mol. The van der Waals surface area contributed by atoms with Crippen molar-refractivity contribution in [1.82, 2.24) is 26.4 Å². The van der Waals surface area contributed by atoms with Crippen LogP contribution in [0.4, 0.5) is 0 Å². The molecule has 5 aliphatic rings. The third-order valence-corrected chi connectivity index (χ3v) is 14.3. The molecule has 5 unspecified atom stereocenters. The van der Waals surface area contributed by atoms with E-state index in [9.17, 15) is 14.4 Å². The van der Waals surface area contributed by atoms with Gasteiger partial charge in [-0.25, -0.2) is 10.9 Å². The molecule has 2 heterocycles. The molecule has 10 nitrogen and oxygen atoms in total. The number of hydrogen-bond acceptors (Lipinski definition) is 8. The molecule has 12 heteroatoms. The van der Waals surface area contributed by atoms with E-state index in [2.05, 4.69) is 33.3 Å². The SMILES string of the molecule is COC1CCC2C(C1)C(C1CCC(Cl)CC1)=N[C@@H](CC(=O)NCCCNC(=O)C1CCC([Si](C)(C)O)CC1)C1NNC(C)N21. The zero-order valence-corrected chi connectivity index (χ0v) is 29.1. The average molecular weight is 653 g/mol. The summed E-state index contributed by atoms with van der Waals surface area (Å²) in [6.45, 7) is 7.28. The zero-order valence-electron chi connectivity index (χ0n) is 27.3. The Hall–Kier alpha value is -1.08. The summed E-state index contributed by atoms with van der Waals surface area (Å²) < 4.78 is 5.87. The first-order chi connectivity index (χ1) is 21.0. The molecule has 0 spiro atoms. The van der Waals surface area contributed by atoms with Gasteiger partial charge in [0.1, 0.15) is 0 Å². The molecule has 0 bridgehead atoms. The Labute approximate surface area is 270 Å². The second kappa shape index (κ2) is 15.2. The highest BCUT2D eigenvalue weighted by molar-refractivity contribution is 6.71. The van der Waals surface area contributed by atoms with E-state index >= 15 is 0 Å².